The summed E-state index contributed by atoms with van der Waals surface area (Å²) in [6.07, 6.45) is 0.196. The number of hydrogen-bond acceptors (Lipinski definition) is 5. The van der Waals surface area contributed by atoms with Crippen molar-refractivity contribution >= 4 is 33.4 Å². The molecule has 6 heteroatoms. The molecule has 0 spiro atoms. The second-order valence-electron chi connectivity index (χ2n) is 10.8. The number of fused-ring (bicyclic) bond motifs is 2. The summed E-state index contributed by atoms with van der Waals surface area (Å²) < 4.78 is 17.5. The van der Waals surface area contributed by atoms with Crippen LogP contribution in [0.15, 0.2) is 133 Å². The van der Waals surface area contributed by atoms with Gasteiger partial charge in [0, 0.05) is 6.42 Å². The highest BCUT2D eigenvalue weighted by molar-refractivity contribution is 6.18. The molecule has 0 radical (unpaired) electrons. The first-order valence-electron chi connectivity index (χ1n) is 14.8. The summed E-state index contributed by atoms with van der Waals surface area (Å²) >= 11 is 0. The predicted molar refractivity (Wildman–Crippen MR) is 176 cm³/mol. The van der Waals surface area contributed by atoms with Gasteiger partial charge in [-0.15, -0.1) is 0 Å². The first-order valence-corrected chi connectivity index (χ1v) is 14.8. The van der Waals surface area contributed by atoms with Gasteiger partial charge in [0.25, 0.3) is 5.91 Å². The van der Waals surface area contributed by atoms with Crippen molar-refractivity contribution in [2.45, 2.75) is 25.7 Å². The Hall–Kier alpha value is -5.62. The Morgan fingerprint density at radius 1 is 0.600 bits per heavy atom. The van der Waals surface area contributed by atoms with Gasteiger partial charge in [-0.05, 0) is 56.4 Å². The van der Waals surface area contributed by atoms with E-state index in [2.05, 4.69) is 11.4 Å². The molecule has 1 atom stereocenters. The van der Waals surface area contributed by atoms with Crippen molar-refractivity contribution in [2.24, 2.45) is 0 Å². The zero-order valence-corrected chi connectivity index (χ0v) is 24.9. The van der Waals surface area contributed by atoms with Crippen LogP contribution in [0.5, 0.6) is 11.5 Å². The van der Waals surface area contributed by atoms with Gasteiger partial charge in [-0.25, -0.2) is 4.79 Å². The molecule has 45 heavy (non-hydrogen) atoms. The summed E-state index contributed by atoms with van der Waals surface area (Å²) in [4.78, 5) is 27.0. The van der Waals surface area contributed by atoms with Crippen LogP contribution in [0, 0.1) is 0 Å². The van der Waals surface area contributed by atoms with Crippen molar-refractivity contribution in [2.75, 3.05) is 7.11 Å². The standard InChI is InChI=1S/C39H33NO5/c1-43-39(42)34(40-38(41)37-32-18-10-8-16-30(32)24-31-17-9-11-19-33(31)37)22-29-20-21-35(44-25-27-12-4-2-5-13-27)36(23-29)45-26-28-14-6-3-7-15-28/h2-21,23-24,34H,22,25-26H2,1H3,(H,40,41)/t34-/m0/s1. The van der Waals surface area contributed by atoms with Crippen LogP contribution >= 0.6 is 0 Å². The molecule has 0 saturated heterocycles. The van der Waals surface area contributed by atoms with Crippen molar-refractivity contribution in [1.29, 1.82) is 0 Å². The van der Waals surface area contributed by atoms with E-state index in [9.17, 15) is 9.59 Å². The molecule has 0 aromatic heterocycles. The van der Waals surface area contributed by atoms with Crippen molar-refractivity contribution in [3.63, 3.8) is 0 Å². The first kappa shape index (κ1) is 29.5. The van der Waals surface area contributed by atoms with Crippen molar-refractivity contribution in [3.05, 3.63) is 156 Å². The molecule has 1 N–H and O–H groups in total. The Balaban J connectivity index is 1.28. The monoisotopic (exact) mass is 595 g/mol. The van der Waals surface area contributed by atoms with E-state index < -0.39 is 12.0 Å². The largest absolute Gasteiger partial charge is 0.485 e. The van der Waals surface area contributed by atoms with Gasteiger partial charge in [-0.3, -0.25) is 4.79 Å². The molecule has 6 aromatic carbocycles. The second kappa shape index (κ2) is 13.8. The van der Waals surface area contributed by atoms with Crippen LogP contribution in [-0.2, 0) is 29.2 Å². The molecule has 0 aliphatic rings. The third-order valence-electron chi connectivity index (χ3n) is 7.71. The van der Waals surface area contributed by atoms with Crippen LogP contribution in [0.2, 0.25) is 0 Å². The average Bonchev–Trinajstić information content (AvgIpc) is 3.09. The molecule has 6 aromatic rings. The van der Waals surface area contributed by atoms with E-state index in [-0.39, 0.29) is 12.3 Å². The van der Waals surface area contributed by atoms with E-state index in [1.807, 2.05) is 127 Å². The lowest BCUT2D eigenvalue weighted by molar-refractivity contribution is -0.142. The number of carbonyl (C=O) groups is 2. The Labute approximate surface area is 262 Å². The fourth-order valence-electron chi connectivity index (χ4n) is 5.44. The number of rotatable bonds is 11. The number of carbonyl (C=O) groups excluding carboxylic acids is 2. The Kier molecular flexibility index (Phi) is 9.02. The van der Waals surface area contributed by atoms with Crippen LogP contribution in [0.4, 0.5) is 0 Å². The van der Waals surface area contributed by atoms with Crippen molar-refractivity contribution in [3.8, 4) is 11.5 Å². The minimum Gasteiger partial charge on any atom is -0.485 e. The Morgan fingerprint density at radius 2 is 1.13 bits per heavy atom. The molecule has 0 bridgehead atoms. The highest BCUT2D eigenvalue weighted by atomic mass is 16.5. The molecule has 224 valence electrons. The summed E-state index contributed by atoms with van der Waals surface area (Å²) in [6, 6.07) is 42.0. The van der Waals surface area contributed by atoms with Crippen LogP contribution in [-0.4, -0.2) is 25.0 Å². The van der Waals surface area contributed by atoms with Gasteiger partial charge in [0.1, 0.15) is 19.3 Å². The summed E-state index contributed by atoms with van der Waals surface area (Å²) in [7, 11) is 1.32. The number of benzene rings is 6. The number of amides is 1. The maximum absolute atomic E-state index is 13.9. The number of hydrogen-bond donors (Lipinski definition) is 1. The van der Waals surface area contributed by atoms with E-state index in [1.54, 1.807) is 0 Å². The van der Waals surface area contributed by atoms with Gasteiger partial charge in [0.2, 0.25) is 0 Å². The zero-order chi connectivity index (χ0) is 31.0. The van der Waals surface area contributed by atoms with Gasteiger partial charge in [0.05, 0.1) is 12.7 Å². The number of esters is 1. The van der Waals surface area contributed by atoms with Crippen molar-refractivity contribution in [1.82, 2.24) is 5.32 Å². The van der Waals surface area contributed by atoms with Gasteiger partial charge in [-0.1, -0.05) is 115 Å². The molecular weight excluding hydrogens is 562 g/mol. The summed E-state index contributed by atoms with van der Waals surface area (Å²) in [5.41, 5.74) is 3.35. The second-order valence-corrected chi connectivity index (χ2v) is 10.8. The molecule has 6 rings (SSSR count). The zero-order valence-electron chi connectivity index (χ0n) is 24.9. The minimum absolute atomic E-state index is 0.196. The lowest BCUT2D eigenvalue weighted by Crippen LogP contribution is -2.43. The van der Waals surface area contributed by atoms with Gasteiger partial charge >= 0.3 is 5.97 Å². The third-order valence-corrected chi connectivity index (χ3v) is 7.71. The van der Waals surface area contributed by atoms with Gasteiger partial charge < -0.3 is 19.5 Å². The van der Waals surface area contributed by atoms with Gasteiger partial charge in [0.15, 0.2) is 11.5 Å². The number of methoxy groups -OCH3 is 1. The summed E-state index contributed by atoms with van der Waals surface area (Å²) in [5.74, 6) is 0.243. The maximum Gasteiger partial charge on any atom is 0.328 e. The summed E-state index contributed by atoms with van der Waals surface area (Å²) in [5, 5.41) is 6.49. The Bertz CT molecular complexity index is 1880. The molecule has 0 heterocycles. The minimum atomic E-state index is -0.932. The predicted octanol–water partition coefficient (Wildman–Crippen LogP) is 7.67. The van der Waals surface area contributed by atoms with E-state index in [4.69, 9.17) is 14.2 Å². The van der Waals surface area contributed by atoms with E-state index in [0.29, 0.717) is 30.3 Å². The van der Waals surface area contributed by atoms with Crippen LogP contribution in [0.1, 0.15) is 27.0 Å². The highest BCUT2D eigenvalue weighted by Gasteiger charge is 2.25. The molecule has 0 fully saturated rings. The van der Waals surface area contributed by atoms with Crippen LogP contribution < -0.4 is 14.8 Å². The first-order chi connectivity index (χ1) is 22.1. The fraction of sp³-hybridized carbons (Fsp3) is 0.128. The van der Waals surface area contributed by atoms with Gasteiger partial charge in [-0.2, -0.15) is 0 Å². The molecule has 0 aliphatic heterocycles. The highest BCUT2D eigenvalue weighted by Crippen LogP contribution is 2.32. The van der Waals surface area contributed by atoms with E-state index in [0.717, 1.165) is 38.2 Å². The average molecular weight is 596 g/mol. The van der Waals surface area contributed by atoms with E-state index in [1.165, 1.54) is 7.11 Å². The maximum atomic E-state index is 13.9. The normalized spacial score (nSPS) is 11.6. The molecule has 1 amide bonds. The molecular formula is C39H33NO5. The quantitative estimate of drug-likeness (QED) is 0.123. The summed E-state index contributed by atoms with van der Waals surface area (Å²) in [6.45, 7) is 0.721. The molecule has 6 nitrogen and oxygen atoms in total. The topological polar surface area (TPSA) is 73.9 Å². The van der Waals surface area contributed by atoms with Crippen LogP contribution in [0.25, 0.3) is 21.5 Å². The molecule has 0 unspecified atom stereocenters. The van der Waals surface area contributed by atoms with E-state index >= 15 is 0 Å². The number of ether oxygens (including phenoxy) is 3. The Morgan fingerprint density at radius 3 is 1.71 bits per heavy atom. The molecule has 0 saturated carbocycles. The fourth-order valence-corrected chi connectivity index (χ4v) is 5.44. The third kappa shape index (κ3) is 6.97. The van der Waals surface area contributed by atoms with Crippen LogP contribution in [0.3, 0.4) is 0 Å². The lowest BCUT2D eigenvalue weighted by atomic mass is 9.95. The molecule has 0 aliphatic carbocycles. The number of nitrogens with one attached hydrogen (secondary N) is 1. The van der Waals surface area contributed by atoms with Crippen molar-refractivity contribution < 1.29 is 23.8 Å². The lowest BCUT2D eigenvalue weighted by Gasteiger charge is -2.20. The smallest absolute Gasteiger partial charge is 0.328 e. The SMILES string of the molecule is COC(=O)[C@H](Cc1ccc(OCc2ccccc2)c(OCc2ccccc2)c1)NC(=O)c1c2ccccc2cc2ccccc12.